The van der Waals surface area contributed by atoms with Crippen LogP contribution in [0.4, 0.5) is 5.69 Å². The molecule has 2 aliphatic rings. The van der Waals surface area contributed by atoms with Gasteiger partial charge in [0.2, 0.25) is 15.9 Å². The number of anilines is 1. The van der Waals surface area contributed by atoms with Crippen molar-refractivity contribution in [2.24, 2.45) is 5.92 Å². The van der Waals surface area contributed by atoms with Crippen molar-refractivity contribution in [3.8, 4) is 11.1 Å². The molecule has 174 valence electrons. The smallest absolute Gasteiger partial charge is 0.243 e. The molecule has 0 radical (unpaired) electrons. The second-order valence-electron chi connectivity index (χ2n) is 8.96. The number of benzene rings is 3. The van der Waals surface area contributed by atoms with E-state index in [1.807, 2.05) is 24.3 Å². The van der Waals surface area contributed by atoms with E-state index >= 15 is 0 Å². The minimum absolute atomic E-state index is 0.0777. The van der Waals surface area contributed by atoms with E-state index in [0.29, 0.717) is 18.4 Å². The fraction of sp³-hybridized carbons (Fsp3) is 0.259. The minimum atomic E-state index is -3.71. The maximum atomic E-state index is 13.0. The number of hydrogen-bond donors (Lipinski definition) is 1. The normalized spacial score (nSPS) is 16.0. The summed E-state index contributed by atoms with van der Waals surface area (Å²) in [5, 5.41) is 3.03. The Morgan fingerprint density at radius 1 is 0.882 bits per heavy atom. The van der Waals surface area contributed by atoms with Crippen LogP contribution in [-0.2, 0) is 21.2 Å². The van der Waals surface area contributed by atoms with Crippen LogP contribution in [-0.4, -0.2) is 37.5 Å². The Morgan fingerprint density at radius 3 is 2.38 bits per heavy atom. The van der Waals surface area contributed by atoms with E-state index in [1.54, 1.807) is 12.1 Å². The zero-order valence-corrected chi connectivity index (χ0v) is 19.8. The van der Waals surface area contributed by atoms with Gasteiger partial charge in [0.05, 0.1) is 4.90 Å². The molecule has 0 atom stereocenters. The third-order valence-corrected chi connectivity index (χ3v) is 8.66. The van der Waals surface area contributed by atoms with Gasteiger partial charge in [-0.2, -0.15) is 4.31 Å². The first-order valence-electron chi connectivity index (χ1n) is 11.5. The molecule has 0 spiro atoms. The number of Topliss-reactive ketones (excluding diaryl/α,β-unsaturated/α-hetero) is 1. The molecule has 1 aliphatic carbocycles. The van der Waals surface area contributed by atoms with Gasteiger partial charge in [0.1, 0.15) is 0 Å². The third kappa shape index (κ3) is 4.17. The number of rotatable bonds is 5. The maximum Gasteiger partial charge on any atom is 0.243 e. The van der Waals surface area contributed by atoms with Gasteiger partial charge in [-0.1, -0.05) is 42.5 Å². The summed E-state index contributed by atoms with van der Waals surface area (Å²) in [5.41, 5.74) is 6.09. The molecule has 0 aromatic heterocycles. The lowest BCUT2D eigenvalue weighted by molar-refractivity contribution is -0.120. The summed E-state index contributed by atoms with van der Waals surface area (Å²) in [5.74, 6) is -0.505. The van der Waals surface area contributed by atoms with Gasteiger partial charge in [-0.25, -0.2) is 8.42 Å². The first-order chi connectivity index (χ1) is 16.3. The van der Waals surface area contributed by atoms with E-state index in [4.69, 9.17) is 0 Å². The molecular formula is C27H26N2O4S. The summed E-state index contributed by atoms with van der Waals surface area (Å²) in [4.78, 5) is 24.7. The Kier molecular flexibility index (Phi) is 5.83. The number of ketones is 1. The van der Waals surface area contributed by atoms with Crippen LogP contribution in [0.1, 0.15) is 41.3 Å². The SMILES string of the molecule is CC(=O)c1cccc(S(=O)(=O)N2CCC(C(=O)Nc3ccc4c(c3)Cc3ccccc3-4)CC2)c1. The fourth-order valence-electron chi connectivity index (χ4n) is 4.85. The molecule has 1 heterocycles. The fourth-order valence-corrected chi connectivity index (χ4v) is 6.37. The molecule has 5 rings (SSSR count). The van der Waals surface area contributed by atoms with Crippen molar-refractivity contribution in [3.05, 3.63) is 83.4 Å². The molecule has 3 aromatic rings. The summed E-state index contributed by atoms with van der Waals surface area (Å²) in [7, 11) is -3.71. The molecule has 1 fully saturated rings. The third-order valence-electron chi connectivity index (χ3n) is 6.76. The van der Waals surface area contributed by atoms with Gasteiger partial charge in [-0.3, -0.25) is 9.59 Å². The lowest BCUT2D eigenvalue weighted by Gasteiger charge is -2.30. The number of sulfonamides is 1. The highest BCUT2D eigenvalue weighted by molar-refractivity contribution is 7.89. The van der Waals surface area contributed by atoms with E-state index < -0.39 is 10.0 Å². The zero-order valence-electron chi connectivity index (χ0n) is 19.0. The number of nitrogens with zero attached hydrogens (tertiary/aromatic N) is 1. The van der Waals surface area contributed by atoms with Crippen LogP contribution in [0, 0.1) is 5.92 Å². The number of piperidine rings is 1. The van der Waals surface area contributed by atoms with Crippen molar-refractivity contribution >= 4 is 27.4 Å². The molecule has 0 saturated carbocycles. The largest absolute Gasteiger partial charge is 0.326 e. The number of carbonyl (C=O) groups excluding carboxylic acids is 2. The van der Waals surface area contributed by atoms with Gasteiger partial charge in [0, 0.05) is 30.3 Å². The lowest BCUT2D eigenvalue weighted by atomic mass is 9.97. The maximum absolute atomic E-state index is 13.0. The predicted octanol–water partition coefficient (Wildman–Crippen LogP) is 4.50. The van der Waals surface area contributed by atoms with Crippen molar-refractivity contribution in [3.63, 3.8) is 0 Å². The number of fused-ring (bicyclic) bond motifs is 3. The summed E-state index contributed by atoms with van der Waals surface area (Å²) >= 11 is 0. The van der Waals surface area contributed by atoms with Gasteiger partial charge in [0.25, 0.3) is 0 Å². The van der Waals surface area contributed by atoms with Gasteiger partial charge >= 0.3 is 0 Å². The van der Waals surface area contributed by atoms with Crippen LogP contribution in [0.25, 0.3) is 11.1 Å². The number of nitrogens with one attached hydrogen (secondary N) is 1. The molecule has 0 unspecified atom stereocenters. The van der Waals surface area contributed by atoms with Crippen LogP contribution in [0.5, 0.6) is 0 Å². The Bertz CT molecular complexity index is 1390. The second kappa shape index (κ2) is 8.81. The van der Waals surface area contributed by atoms with Gasteiger partial charge in [-0.05, 0) is 72.7 Å². The first kappa shape index (κ1) is 22.5. The Morgan fingerprint density at radius 2 is 1.62 bits per heavy atom. The van der Waals surface area contributed by atoms with Crippen molar-refractivity contribution in [1.82, 2.24) is 4.31 Å². The topological polar surface area (TPSA) is 83.6 Å². The zero-order chi connectivity index (χ0) is 23.9. The summed E-state index contributed by atoms with van der Waals surface area (Å²) in [6, 6.07) is 20.5. The average molecular weight is 475 g/mol. The molecular weight excluding hydrogens is 448 g/mol. The van der Waals surface area contributed by atoms with Crippen molar-refractivity contribution in [1.29, 1.82) is 0 Å². The van der Waals surface area contributed by atoms with Crippen molar-refractivity contribution < 1.29 is 18.0 Å². The van der Waals surface area contributed by atoms with E-state index in [-0.39, 0.29) is 35.6 Å². The van der Waals surface area contributed by atoms with Gasteiger partial charge in [0.15, 0.2) is 5.78 Å². The summed E-state index contributed by atoms with van der Waals surface area (Å²) in [6.07, 6.45) is 1.76. The molecule has 6 nitrogen and oxygen atoms in total. The van der Waals surface area contributed by atoms with Gasteiger partial charge < -0.3 is 5.32 Å². The quantitative estimate of drug-likeness (QED) is 0.432. The van der Waals surface area contributed by atoms with E-state index in [9.17, 15) is 18.0 Å². The molecule has 7 heteroatoms. The highest BCUT2D eigenvalue weighted by Crippen LogP contribution is 2.37. The van der Waals surface area contributed by atoms with Crippen LogP contribution in [0.15, 0.2) is 71.6 Å². The predicted molar refractivity (Wildman–Crippen MR) is 131 cm³/mol. The standard InChI is InChI=1S/C27H26N2O4S/c1-18(30)20-6-4-7-24(17-20)34(32,33)29-13-11-19(12-14-29)27(31)28-23-9-10-26-22(16-23)15-21-5-2-3-8-25(21)26/h2-10,16-17,19H,11-15H2,1H3,(H,28,31). The molecule has 34 heavy (non-hydrogen) atoms. The Balaban J connectivity index is 1.22. The van der Waals surface area contributed by atoms with Crippen LogP contribution >= 0.6 is 0 Å². The van der Waals surface area contributed by atoms with Crippen molar-refractivity contribution in [2.45, 2.75) is 31.1 Å². The number of carbonyl (C=O) groups is 2. The number of hydrogen-bond acceptors (Lipinski definition) is 4. The van der Waals surface area contributed by atoms with Crippen LogP contribution in [0.3, 0.4) is 0 Å². The minimum Gasteiger partial charge on any atom is -0.326 e. The van der Waals surface area contributed by atoms with Crippen LogP contribution in [0.2, 0.25) is 0 Å². The Hall–Kier alpha value is -3.29. The lowest BCUT2D eigenvalue weighted by Crippen LogP contribution is -2.41. The molecule has 1 N–H and O–H groups in total. The molecule has 0 bridgehead atoms. The summed E-state index contributed by atoms with van der Waals surface area (Å²) in [6.45, 7) is 1.95. The van der Waals surface area contributed by atoms with Gasteiger partial charge in [-0.15, -0.1) is 0 Å². The van der Waals surface area contributed by atoms with E-state index in [2.05, 4.69) is 23.5 Å². The molecule has 1 aliphatic heterocycles. The highest BCUT2D eigenvalue weighted by atomic mass is 32.2. The molecule has 3 aromatic carbocycles. The average Bonchev–Trinajstić information content (AvgIpc) is 3.22. The first-order valence-corrected chi connectivity index (χ1v) is 12.9. The summed E-state index contributed by atoms with van der Waals surface area (Å²) < 4.78 is 27.5. The van der Waals surface area contributed by atoms with Crippen molar-refractivity contribution in [2.75, 3.05) is 18.4 Å². The monoisotopic (exact) mass is 474 g/mol. The number of amides is 1. The molecule has 1 saturated heterocycles. The van der Waals surface area contributed by atoms with E-state index in [1.165, 1.54) is 45.6 Å². The van der Waals surface area contributed by atoms with E-state index in [0.717, 1.165) is 12.1 Å². The molecule has 1 amide bonds. The Labute approximate surface area is 199 Å². The van der Waals surface area contributed by atoms with Crippen LogP contribution < -0.4 is 5.32 Å². The second-order valence-corrected chi connectivity index (χ2v) is 10.9. The highest BCUT2D eigenvalue weighted by Gasteiger charge is 2.32.